The Balaban J connectivity index is 1.44. The molecule has 0 bridgehead atoms. The van der Waals surface area contributed by atoms with Gasteiger partial charge in [-0.2, -0.15) is 0 Å². The van der Waals surface area contributed by atoms with Gasteiger partial charge in [0.05, 0.1) is 22.9 Å². The standard InChI is InChI=1S/C23H24ClN5O2/c24-18-7-6-16(23(31)29-19-4-1-2-5-21(19)30)11-20(18)28-13-15-10-17(14-25-12-15)22-26-8-3-9-27-22/h3,6-12,14,19,21,28,30H,1-2,4-5,13H2,(H,29,31)/t19-,21-/m0/s1. The zero-order chi connectivity index (χ0) is 21.6. The predicted octanol–water partition coefficient (Wildman–Crippen LogP) is 3.84. The number of aliphatic hydroxyl groups is 1. The van der Waals surface area contributed by atoms with Crippen LogP contribution in [0.4, 0.5) is 5.69 Å². The number of aliphatic hydroxyl groups excluding tert-OH is 1. The number of halogens is 1. The first-order chi connectivity index (χ1) is 15.1. The Labute approximate surface area is 185 Å². The molecule has 4 rings (SSSR count). The van der Waals surface area contributed by atoms with Crippen molar-refractivity contribution < 1.29 is 9.90 Å². The number of amides is 1. The number of hydrogen-bond acceptors (Lipinski definition) is 6. The zero-order valence-corrected chi connectivity index (χ0v) is 17.7. The lowest BCUT2D eigenvalue weighted by Gasteiger charge is -2.28. The molecule has 3 N–H and O–H groups in total. The van der Waals surface area contributed by atoms with E-state index in [1.807, 2.05) is 6.07 Å². The van der Waals surface area contributed by atoms with E-state index in [1.165, 1.54) is 0 Å². The molecule has 0 aliphatic heterocycles. The maximum Gasteiger partial charge on any atom is 0.251 e. The molecule has 2 aromatic heterocycles. The summed E-state index contributed by atoms with van der Waals surface area (Å²) in [6.45, 7) is 0.472. The Kier molecular flexibility index (Phi) is 6.74. The number of rotatable bonds is 6. The fourth-order valence-electron chi connectivity index (χ4n) is 3.69. The van der Waals surface area contributed by atoms with E-state index in [4.69, 9.17) is 11.6 Å². The minimum absolute atomic E-state index is 0.206. The number of carbonyl (C=O) groups is 1. The van der Waals surface area contributed by atoms with E-state index in [0.717, 1.165) is 36.8 Å². The Morgan fingerprint density at radius 1 is 1.13 bits per heavy atom. The van der Waals surface area contributed by atoms with Gasteiger partial charge in [-0.15, -0.1) is 0 Å². The van der Waals surface area contributed by atoms with Crippen LogP contribution in [-0.2, 0) is 6.54 Å². The third-order valence-electron chi connectivity index (χ3n) is 5.38. The highest BCUT2D eigenvalue weighted by molar-refractivity contribution is 6.33. The minimum atomic E-state index is -0.490. The molecule has 1 fully saturated rings. The van der Waals surface area contributed by atoms with Gasteiger partial charge in [-0.1, -0.05) is 24.4 Å². The summed E-state index contributed by atoms with van der Waals surface area (Å²) in [5.74, 6) is 0.397. The number of benzene rings is 1. The van der Waals surface area contributed by atoms with Crippen LogP contribution < -0.4 is 10.6 Å². The van der Waals surface area contributed by atoms with Gasteiger partial charge in [0.2, 0.25) is 0 Å². The van der Waals surface area contributed by atoms with Crippen LogP contribution in [0.2, 0.25) is 5.02 Å². The fraction of sp³-hybridized carbons (Fsp3) is 0.304. The average Bonchev–Trinajstić information content (AvgIpc) is 2.81. The van der Waals surface area contributed by atoms with Crippen LogP contribution in [0.15, 0.2) is 55.1 Å². The lowest BCUT2D eigenvalue weighted by atomic mass is 9.92. The second kappa shape index (κ2) is 9.85. The summed E-state index contributed by atoms with van der Waals surface area (Å²) in [6, 6.07) is 8.63. The van der Waals surface area contributed by atoms with Crippen LogP contribution in [0.5, 0.6) is 0 Å². The maximum atomic E-state index is 12.7. The molecule has 160 valence electrons. The predicted molar refractivity (Wildman–Crippen MR) is 120 cm³/mol. The van der Waals surface area contributed by atoms with Crippen molar-refractivity contribution in [3.63, 3.8) is 0 Å². The van der Waals surface area contributed by atoms with Crippen LogP contribution >= 0.6 is 11.6 Å². The number of pyridine rings is 1. The van der Waals surface area contributed by atoms with Gasteiger partial charge < -0.3 is 15.7 Å². The summed E-state index contributed by atoms with van der Waals surface area (Å²) in [7, 11) is 0. The molecule has 1 aliphatic carbocycles. The lowest BCUT2D eigenvalue weighted by Crippen LogP contribution is -2.45. The number of anilines is 1. The van der Waals surface area contributed by atoms with Crippen molar-refractivity contribution in [2.45, 2.75) is 44.4 Å². The van der Waals surface area contributed by atoms with Crippen LogP contribution in [0.25, 0.3) is 11.4 Å². The third-order valence-corrected chi connectivity index (χ3v) is 5.71. The van der Waals surface area contributed by atoms with Crippen LogP contribution in [0.1, 0.15) is 41.6 Å². The van der Waals surface area contributed by atoms with Crippen molar-refractivity contribution in [1.82, 2.24) is 20.3 Å². The first kappa shape index (κ1) is 21.2. The van der Waals surface area contributed by atoms with Crippen LogP contribution in [0, 0.1) is 0 Å². The third kappa shape index (κ3) is 5.37. The molecule has 1 saturated carbocycles. The Morgan fingerprint density at radius 3 is 2.74 bits per heavy atom. The monoisotopic (exact) mass is 437 g/mol. The molecule has 3 aromatic rings. The molecule has 2 atom stereocenters. The first-order valence-corrected chi connectivity index (χ1v) is 10.7. The average molecular weight is 438 g/mol. The van der Waals surface area contributed by atoms with Gasteiger partial charge in [0, 0.05) is 42.5 Å². The van der Waals surface area contributed by atoms with Gasteiger partial charge in [0.15, 0.2) is 5.82 Å². The molecule has 8 heteroatoms. The zero-order valence-electron chi connectivity index (χ0n) is 17.0. The van der Waals surface area contributed by atoms with E-state index in [9.17, 15) is 9.90 Å². The second-order valence-electron chi connectivity index (χ2n) is 7.63. The Morgan fingerprint density at radius 2 is 1.94 bits per heavy atom. The molecular weight excluding hydrogens is 414 g/mol. The van der Waals surface area contributed by atoms with Crippen molar-refractivity contribution in [3.8, 4) is 11.4 Å². The number of hydrogen-bond donors (Lipinski definition) is 3. The Hall–Kier alpha value is -3.03. The number of carbonyl (C=O) groups excluding carboxylic acids is 1. The SMILES string of the molecule is O=C(N[C@H]1CCCC[C@@H]1O)c1ccc(Cl)c(NCc2cncc(-c3ncccn3)c2)c1. The number of nitrogens with one attached hydrogen (secondary N) is 2. The maximum absolute atomic E-state index is 12.7. The van der Waals surface area contributed by atoms with Crippen molar-refractivity contribution in [2.24, 2.45) is 0 Å². The van der Waals surface area contributed by atoms with E-state index >= 15 is 0 Å². The van der Waals surface area contributed by atoms with Crippen molar-refractivity contribution >= 4 is 23.2 Å². The van der Waals surface area contributed by atoms with Crippen molar-refractivity contribution in [2.75, 3.05) is 5.32 Å². The van der Waals surface area contributed by atoms with Gasteiger partial charge in [-0.25, -0.2) is 9.97 Å². The summed E-state index contributed by atoms with van der Waals surface area (Å²) >= 11 is 6.34. The second-order valence-corrected chi connectivity index (χ2v) is 8.04. The van der Waals surface area contributed by atoms with Crippen LogP contribution in [-0.4, -0.2) is 38.1 Å². The van der Waals surface area contributed by atoms with Gasteiger partial charge >= 0.3 is 0 Å². The summed E-state index contributed by atoms with van der Waals surface area (Å²) in [6.07, 6.45) is 9.89. The quantitative estimate of drug-likeness (QED) is 0.541. The topological polar surface area (TPSA) is 100 Å². The van der Waals surface area contributed by atoms with Crippen molar-refractivity contribution in [3.05, 3.63) is 71.3 Å². The van der Waals surface area contributed by atoms with Crippen molar-refractivity contribution in [1.29, 1.82) is 0 Å². The molecular formula is C23H24ClN5O2. The van der Waals surface area contributed by atoms with E-state index in [-0.39, 0.29) is 11.9 Å². The number of aromatic nitrogens is 3. The molecule has 2 heterocycles. The first-order valence-electron chi connectivity index (χ1n) is 10.3. The van der Waals surface area contributed by atoms with Gasteiger partial charge in [0.25, 0.3) is 5.91 Å². The number of nitrogens with zero attached hydrogens (tertiary/aromatic N) is 3. The Bertz CT molecular complexity index is 1050. The molecule has 0 unspecified atom stereocenters. The largest absolute Gasteiger partial charge is 0.391 e. The summed E-state index contributed by atoms with van der Waals surface area (Å²) < 4.78 is 0. The van der Waals surface area contributed by atoms with Gasteiger partial charge in [0.1, 0.15) is 0 Å². The fourth-order valence-corrected chi connectivity index (χ4v) is 3.87. The molecule has 0 radical (unpaired) electrons. The molecule has 1 amide bonds. The van der Waals surface area contributed by atoms with Gasteiger partial charge in [-0.05, 0) is 48.7 Å². The van der Waals surface area contributed by atoms with Crippen LogP contribution in [0.3, 0.4) is 0 Å². The molecule has 0 saturated heterocycles. The summed E-state index contributed by atoms with van der Waals surface area (Å²) in [5.41, 5.74) is 2.90. The minimum Gasteiger partial charge on any atom is -0.391 e. The van der Waals surface area contributed by atoms with Gasteiger partial charge in [-0.3, -0.25) is 9.78 Å². The normalized spacial score (nSPS) is 18.4. The van der Waals surface area contributed by atoms with E-state index in [1.54, 1.807) is 49.1 Å². The lowest BCUT2D eigenvalue weighted by molar-refractivity contribution is 0.0717. The molecule has 7 nitrogen and oxygen atoms in total. The summed E-state index contributed by atoms with van der Waals surface area (Å²) in [4.78, 5) is 25.5. The van der Waals surface area contributed by atoms with E-state index < -0.39 is 6.10 Å². The van der Waals surface area contributed by atoms with E-state index in [2.05, 4.69) is 25.6 Å². The highest BCUT2D eigenvalue weighted by atomic mass is 35.5. The smallest absolute Gasteiger partial charge is 0.251 e. The highest BCUT2D eigenvalue weighted by Gasteiger charge is 2.25. The summed E-state index contributed by atoms with van der Waals surface area (Å²) in [5, 5.41) is 16.9. The highest BCUT2D eigenvalue weighted by Crippen LogP contribution is 2.25. The molecule has 31 heavy (non-hydrogen) atoms. The molecule has 1 aliphatic rings. The van der Waals surface area contributed by atoms with E-state index in [0.29, 0.717) is 28.6 Å². The molecule has 0 spiro atoms. The molecule has 1 aromatic carbocycles.